The minimum atomic E-state index is -0.216. The fraction of sp³-hybridized carbons (Fsp3) is 0.278. The maximum Gasteiger partial charge on any atom is 0.125 e. The average molecular weight is 391 g/mol. The Hall–Kier alpha value is -1.54. The van der Waals surface area contributed by atoms with Gasteiger partial charge in [-0.1, -0.05) is 51.8 Å². The Morgan fingerprint density at radius 3 is 2.43 bits per heavy atom. The molecular formula is C18H17BrClN3. The minimum Gasteiger partial charge on any atom is -0.369 e. The third kappa shape index (κ3) is 3.69. The van der Waals surface area contributed by atoms with Gasteiger partial charge in [-0.2, -0.15) is 5.26 Å². The van der Waals surface area contributed by atoms with E-state index < -0.39 is 0 Å². The first-order valence-electron chi connectivity index (χ1n) is 7.57. The second-order valence-electron chi connectivity index (χ2n) is 5.56. The van der Waals surface area contributed by atoms with Crippen molar-refractivity contribution in [1.82, 2.24) is 4.90 Å². The molecule has 1 aliphatic rings. The highest BCUT2D eigenvalue weighted by atomic mass is 79.9. The summed E-state index contributed by atoms with van der Waals surface area (Å²) in [7, 11) is 0. The highest BCUT2D eigenvalue weighted by molar-refractivity contribution is 9.10. The molecule has 2 aromatic rings. The van der Waals surface area contributed by atoms with Crippen LogP contribution in [-0.2, 0) is 0 Å². The molecular weight excluding hydrogens is 374 g/mol. The number of anilines is 1. The molecule has 0 saturated carbocycles. The predicted octanol–water partition coefficient (Wildman–Crippen LogP) is 4.49. The molecule has 1 aliphatic heterocycles. The summed E-state index contributed by atoms with van der Waals surface area (Å²) in [6.07, 6.45) is 0. The lowest BCUT2D eigenvalue weighted by Crippen LogP contribution is -2.47. The van der Waals surface area contributed by atoms with Gasteiger partial charge >= 0.3 is 0 Å². The molecule has 0 N–H and O–H groups in total. The summed E-state index contributed by atoms with van der Waals surface area (Å²) in [6, 6.07) is 18.1. The van der Waals surface area contributed by atoms with Crippen molar-refractivity contribution in [1.29, 1.82) is 5.26 Å². The molecule has 1 fully saturated rings. The molecule has 1 atom stereocenters. The van der Waals surface area contributed by atoms with Crippen molar-refractivity contribution in [3.05, 3.63) is 63.6 Å². The monoisotopic (exact) mass is 389 g/mol. The maximum atomic E-state index is 9.63. The third-order valence-electron chi connectivity index (χ3n) is 4.17. The zero-order chi connectivity index (χ0) is 16.2. The molecule has 0 aliphatic carbocycles. The smallest absolute Gasteiger partial charge is 0.125 e. The highest BCUT2D eigenvalue weighted by Crippen LogP contribution is 2.29. The van der Waals surface area contributed by atoms with E-state index in [-0.39, 0.29) is 6.04 Å². The van der Waals surface area contributed by atoms with Crippen LogP contribution in [0.25, 0.3) is 0 Å². The van der Waals surface area contributed by atoms with E-state index in [0.29, 0.717) is 0 Å². The summed E-state index contributed by atoms with van der Waals surface area (Å²) < 4.78 is 0.990. The van der Waals surface area contributed by atoms with Gasteiger partial charge in [0.2, 0.25) is 0 Å². The topological polar surface area (TPSA) is 30.3 Å². The number of nitriles is 1. The first-order valence-corrected chi connectivity index (χ1v) is 8.75. The van der Waals surface area contributed by atoms with Crippen LogP contribution in [0, 0.1) is 11.3 Å². The normalized spacial score (nSPS) is 16.8. The summed E-state index contributed by atoms with van der Waals surface area (Å²) in [5.41, 5.74) is 2.18. The molecule has 2 aromatic carbocycles. The molecule has 1 heterocycles. The molecule has 0 spiro atoms. The maximum absolute atomic E-state index is 9.63. The fourth-order valence-corrected chi connectivity index (χ4v) is 3.64. The lowest BCUT2D eigenvalue weighted by Gasteiger charge is -2.38. The summed E-state index contributed by atoms with van der Waals surface area (Å²) in [6.45, 7) is 3.49. The first kappa shape index (κ1) is 16.3. The minimum absolute atomic E-state index is 0.216. The Kier molecular flexibility index (Phi) is 5.22. The first-order chi connectivity index (χ1) is 11.2. The van der Waals surface area contributed by atoms with Crippen LogP contribution in [-0.4, -0.2) is 31.1 Å². The Balaban J connectivity index is 1.71. The van der Waals surface area contributed by atoms with Crippen molar-refractivity contribution in [2.75, 3.05) is 31.1 Å². The molecule has 0 radical (unpaired) electrons. The Morgan fingerprint density at radius 2 is 1.78 bits per heavy atom. The lowest BCUT2D eigenvalue weighted by molar-refractivity contribution is 0.222. The molecule has 23 heavy (non-hydrogen) atoms. The van der Waals surface area contributed by atoms with E-state index in [1.165, 1.54) is 0 Å². The second-order valence-corrected chi connectivity index (χ2v) is 6.85. The van der Waals surface area contributed by atoms with E-state index in [2.05, 4.69) is 37.9 Å². The van der Waals surface area contributed by atoms with Crippen LogP contribution >= 0.6 is 27.5 Å². The van der Waals surface area contributed by atoms with Crippen LogP contribution in [0.2, 0.25) is 5.02 Å². The fourth-order valence-electron chi connectivity index (χ4n) is 2.96. The largest absolute Gasteiger partial charge is 0.369 e. The molecule has 118 valence electrons. The molecule has 0 aromatic heterocycles. The summed E-state index contributed by atoms with van der Waals surface area (Å²) >= 11 is 9.64. The zero-order valence-corrected chi connectivity index (χ0v) is 15.0. The standard InChI is InChI=1S/C18H17BrClN3/c19-17-7-2-1-6-16(17)18(13-21)23-10-8-22(9-11-23)15-5-3-4-14(20)12-15/h1-7,12,18H,8-11H2. The number of hydrogen-bond donors (Lipinski definition) is 0. The van der Waals surface area contributed by atoms with Crippen LogP contribution in [0.4, 0.5) is 5.69 Å². The average Bonchev–Trinajstić information content (AvgIpc) is 2.58. The van der Waals surface area contributed by atoms with E-state index >= 15 is 0 Å². The zero-order valence-electron chi connectivity index (χ0n) is 12.6. The van der Waals surface area contributed by atoms with E-state index in [1.807, 2.05) is 42.5 Å². The van der Waals surface area contributed by atoms with Crippen molar-refractivity contribution in [3.8, 4) is 6.07 Å². The SMILES string of the molecule is N#CC(c1ccccc1Br)N1CCN(c2cccc(Cl)c2)CC1. The number of piperazine rings is 1. The van der Waals surface area contributed by atoms with Gasteiger partial charge in [-0.05, 0) is 29.8 Å². The Morgan fingerprint density at radius 1 is 1.04 bits per heavy atom. The molecule has 1 unspecified atom stereocenters. The second kappa shape index (κ2) is 7.35. The van der Waals surface area contributed by atoms with Gasteiger partial charge in [0, 0.05) is 41.4 Å². The quantitative estimate of drug-likeness (QED) is 0.773. The van der Waals surface area contributed by atoms with E-state index in [0.717, 1.165) is 46.9 Å². The predicted molar refractivity (Wildman–Crippen MR) is 97.7 cm³/mol. The van der Waals surface area contributed by atoms with Crippen LogP contribution in [0.1, 0.15) is 11.6 Å². The molecule has 5 heteroatoms. The van der Waals surface area contributed by atoms with Gasteiger partial charge < -0.3 is 4.90 Å². The number of benzene rings is 2. The van der Waals surface area contributed by atoms with Crippen LogP contribution in [0.5, 0.6) is 0 Å². The van der Waals surface area contributed by atoms with Crippen LogP contribution < -0.4 is 4.90 Å². The van der Waals surface area contributed by atoms with Crippen molar-refractivity contribution in [3.63, 3.8) is 0 Å². The van der Waals surface area contributed by atoms with Crippen LogP contribution in [0.15, 0.2) is 53.0 Å². The number of halogens is 2. The highest BCUT2D eigenvalue weighted by Gasteiger charge is 2.26. The van der Waals surface area contributed by atoms with E-state index in [1.54, 1.807) is 0 Å². The van der Waals surface area contributed by atoms with Gasteiger partial charge in [-0.3, -0.25) is 4.90 Å². The summed E-state index contributed by atoms with van der Waals surface area (Å²) in [4.78, 5) is 4.55. The van der Waals surface area contributed by atoms with Gasteiger partial charge in [0.05, 0.1) is 6.07 Å². The molecule has 3 rings (SSSR count). The lowest BCUT2D eigenvalue weighted by atomic mass is 10.1. The Labute approximate surface area is 150 Å². The van der Waals surface area contributed by atoms with E-state index in [4.69, 9.17) is 11.6 Å². The molecule has 1 saturated heterocycles. The summed E-state index contributed by atoms with van der Waals surface area (Å²) in [5, 5.41) is 10.4. The Bertz CT molecular complexity index is 720. The number of nitrogens with zero attached hydrogens (tertiary/aromatic N) is 3. The van der Waals surface area contributed by atoms with Gasteiger partial charge in [0.25, 0.3) is 0 Å². The van der Waals surface area contributed by atoms with Crippen molar-refractivity contribution in [2.45, 2.75) is 6.04 Å². The van der Waals surface area contributed by atoms with Crippen molar-refractivity contribution >= 4 is 33.2 Å². The van der Waals surface area contributed by atoms with Gasteiger partial charge in [0.15, 0.2) is 0 Å². The van der Waals surface area contributed by atoms with Crippen molar-refractivity contribution in [2.24, 2.45) is 0 Å². The van der Waals surface area contributed by atoms with Crippen molar-refractivity contribution < 1.29 is 0 Å². The van der Waals surface area contributed by atoms with Gasteiger partial charge in [-0.15, -0.1) is 0 Å². The number of hydrogen-bond acceptors (Lipinski definition) is 3. The van der Waals surface area contributed by atoms with Gasteiger partial charge in [0.1, 0.15) is 6.04 Å². The molecule has 0 amide bonds. The van der Waals surface area contributed by atoms with E-state index in [9.17, 15) is 5.26 Å². The molecule has 0 bridgehead atoms. The van der Waals surface area contributed by atoms with Crippen LogP contribution in [0.3, 0.4) is 0 Å². The third-order valence-corrected chi connectivity index (χ3v) is 5.13. The summed E-state index contributed by atoms with van der Waals surface area (Å²) in [5.74, 6) is 0. The number of rotatable bonds is 3. The van der Waals surface area contributed by atoms with Gasteiger partial charge in [-0.25, -0.2) is 0 Å². The molecule has 3 nitrogen and oxygen atoms in total.